The van der Waals surface area contributed by atoms with Gasteiger partial charge in [-0.15, -0.1) is 0 Å². The summed E-state index contributed by atoms with van der Waals surface area (Å²) in [6, 6.07) is 7.51. The molecule has 9 heteroatoms. The van der Waals surface area contributed by atoms with Gasteiger partial charge in [0.25, 0.3) is 5.56 Å². The second kappa shape index (κ2) is 6.92. The van der Waals surface area contributed by atoms with Gasteiger partial charge in [-0.1, -0.05) is 18.2 Å². The SMILES string of the molecule is O=C(Cc1n[nH]c(=O)[nH]c1=O)N/N=C\c1ccccc1I. The summed E-state index contributed by atoms with van der Waals surface area (Å²) in [5.41, 5.74) is 1.64. The van der Waals surface area contributed by atoms with Crippen LogP contribution in [0.3, 0.4) is 0 Å². The predicted molar refractivity (Wildman–Crippen MR) is 84.1 cm³/mol. The third kappa shape index (κ3) is 4.34. The summed E-state index contributed by atoms with van der Waals surface area (Å²) in [6.07, 6.45) is 1.22. The van der Waals surface area contributed by atoms with Crippen molar-refractivity contribution in [3.8, 4) is 0 Å². The third-order valence-corrected chi connectivity index (χ3v) is 3.39. The number of hydrazone groups is 1. The number of carbonyl (C=O) groups excluding carboxylic acids is 1. The monoisotopic (exact) mass is 399 g/mol. The molecule has 1 aromatic heterocycles. The van der Waals surface area contributed by atoms with Crippen LogP contribution in [0.5, 0.6) is 0 Å². The molecule has 0 aliphatic heterocycles. The number of nitrogens with one attached hydrogen (secondary N) is 3. The van der Waals surface area contributed by atoms with Crippen molar-refractivity contribution in [1.82, 2.24) is 20.6 Å². The van der Waals surface area contributed by atoms with Gasteiger partial charge in [-0.25, -0.2) is 15.3 Å². The van der Waals surface area contributed by atoms with Crippen molar-refractivity contribution in [2.45, 2.75) is 6.42 Å². The molecule has 3 N–H and O–H groups in total. The summed E-state index contributed by atoms with van der Waals surface area (Å²) < 4.78 is 0.992. The Balaban J connectivity index is 1.98. The molecule has 1 aromatic carbocycles. The molecule has 0 radical (unpaired) electrons. The fourth-order valence-corrected chi connectivity index (χ4v) is 1.96. The Hall–Kier alpha value is -2.30. The molecule has 0 atom stereocenters. The van der Waals surface area contributed by atoms with E-state index in [9.17, 15) is 14.4 Å². The maximum Gasteiger partial charge on any atom is 0.342 e. The molecule has 0 fully saturated rings. The molecule has 21 heavy (non-hydrogen) atoms. The number of amides is 1. The lowest BCUT2D eigenvalue weighted by Gasteiger charge is -1.99. The van der Waals surface area contributed by atoms with Crippen LogP contribution in [-0.4, -0.2) is 27.3 Å². The highest BCUT2D eigenvalue weighted by Crippen LogP contribution is 2.08. The number of rotatable bonds is 4. The van der Waals surface area contributed by atoms with Crippen LogP contribution in [-0.2, 0) is 11.2 Å². The molecule has 0 aliphatic carbocycles. The molecular formula is C12H10IN5O3. The smallest absolute Gasteiger partial charge is 0.273 e. The van der Waals surface area contributed by atoms with Crippen molar-refractivity contribution < 1.29 is 4.79 Å². The Kier molecular flexibility index (Phi) is 4.98. The molecule has 108 valence electrons. The van der Waals surface area contributed by atoms with Crippen LogP contribution in [0, 0.1) is 3.57 Å². The molecule has 8 nitrogen and oxygen atoms in total. The molecule has 2 rings (SSSR count). The first-order valence-corrected chi connectivity index (χ1v) is 6.88. The van der Waals surface area contributed by atoms with E-state index in [1.807, 2.05) is 29.2 Å². The van der Waals surface area contributed by atoms with E-state index in [4.69, 9.17) is 0 Å². The Morgan fingerprint density at radius 1 is 1.38 bits per heavy atom. The van der Waals surface area contributed by atoms with Crippen LogP contribution in [0.2, 0.25) is 0 Å². The zero-order chi connectivity index (χ0) is 15.2. The normalized spacial score (nSPS) is 10.7. The Labute approximate surface area is 131 Å². The van der Waals surface area contributed by atoms with Gasteiger partial charge < -0.3 is 0 Å². The van der Waals surface area contributed by atoms with Gasteiger partial charge in [-0.05, 0) is 28.7 Å². The van der Waals surface area contributed by atoms with Crippen LogP contribution in [0.15, 0.2) is 39.0 Å². The zero-order valence-electron chi connectivity index (χ0n) is 10.6. The van der Waals surface area contributed by atoms with E-state index in [0.29, 0.717) is 0 Å². The average molecular weight is 399 g/mol. The largest absolute Gasteiger partial charge is 0.342 e. The number of benzene rings is 1. The molecule has 0 saturated carbocycles. The lowest BCUT2D eigenvalue weighted by Crippen LogP contribution is -2.31. The third-order valence-electron chi connectivity index (χ3n) is 2.41. The van der Waals surface area contributed by atoms with E-state index in [0.717, 1.165) is 9.13 Å². The lowest BCUT2D eigenvalue weighted by atomic mass is 10.2. The van der Waals surface area contributed by atoms with Crippen molar-refractivity contribution in [2.75, 3.05) is 0 Å². The highest BCUT2D eigenvalue weighted by molar-refractivity contribution is 14.1. The maximum absolute atomic E-state index is 11.6. The molecule has 1 amide bonds. The van der Waals surface area contributed by atoms with E-state index in [-0.39, 0.29) is 12.1 Å². The molecular weight excluding hydrogens is 389 g/mol. The number of halogens is 1. The minimum absolute atomic E-state index is 0.0865. The molecule has 0 unspecified atom stereocenters. The maximum atomic E-state index is 11.6. The number of aromatic nitrogens is 3. The summed E-state index contributed by atoms with van der Waals surface area (Å²) in [6.45, 7) is 0. The van der Waals surface area contributed by atoms with Gasteiger partial charge in [0, 0.05) is 9.13 Å². The van der Waals surface area contributed by atoms with Crippen LogP contribution >= 0.6 is 22.6 Å². The summed E-state index contributed by atoms with van der Waals surface area (Å²) >= 11 is 2.15. The first-order valence-electron chi connectivity index (χ1n) is 5.80. The Bertz CT molecular complexity index is 796. The van der Waals surface area contributed by atoms with Crippen molar-refractivity contribution in [3.63, 3.8) is 0 Å². The predicted octanol–water partition coefficient (Wildman–Crippen LogP) is -0.244. The highest BCUT2D eigenvalue weighted by atomic mass is 127. The van der Waals surface area contributed by atoms with Crippen molar-refractivity contribution in [3.05, 3.63) is 59.9 Å². The van der Waals surface area contributed by atoms with E-state index >= 15 is 0 Å². The molecule has 0 saturated heterocycles. The van der Waals surface area contributed by atoms with Gasteiger partial charge in [0.2, 0.25) is 5.91 Å². The van der Waals surface area contributed by atoms with E-state index in [2.05, 4.69) is 43.3 Å². The molecule has 2 aromatic rings. The number of H-pyrrole nitrogens is 2. The lowest BCUT2D eigenvalue weighted by molar-refractivity contribution is -0.120. The quantitative estimate of drug-likeness (QED) is 0.373. The Morgan fingerprint density at radius 3 is 2.86 bits per heavy atom. The number of nitrogens with zero attached hydrogens (tertiary/aromatic N) is 2. The number of aromatic amines is 2. The summed E-state index contributed by atoms with van der Waals surface area (Å²) in [5.74, 6) is -0.512. The van der Waals surface area contributed by atoms with Gasteiger partial charge in [-0.3, -0.25) is 14.6 Å². The summed E-state index contributed by atoms with van der Waals surface area (Å²) in [7, 11) is 0. The first-order chi connectivity index (χ1) is 10.1. The van der Waals surface area contributed by atoms with Crippen molar-refractivity contribution >= 4 is 34.7 Å². The van der Waals surface area contributed by atoms with E-state index < -0.39 is 17.2 Å². The van der Waals surface area contributed by atoms with Gasteiger partial charge in [0.1, 0.15) is 5.69 Å². The second-order valence-corrected chi connectivity index (χ2v) is 5.11. The number of hydrogen-bond acceptors (Lipinski definition) is 5. The summed E-state index contributed by atoms with van der Waals surface area (Å²) in [5, 5.41) is 9.36. The van der Waals surface area contributed by atoms with Gasteiger partial charge in [0.15, 0.2) is 0 Å². The number of hydrogen-bond donors (Lipinski definition) is 3. The van der Waals surface area contributed by atoms with E-state index in [1.165, 1.54) is 6.21 Å². The molecule has 0 bridgehead atoms. The van der Waals surface area contributed by atoms with Crippen LogP contribution in [0.4, 0.5) is 0 Å². The Morgan fingerprint density at radius 2 is 2.14 bits per heavy atom. The molecule has 1 heterocycles. The minimum Gasteiger partial charge on any atom is -0.273 e. The molecule has 0 spiro atoms. The zero-order valence-corrected chi connectivity index (χ0v) is 12.7. The average Bonchev–Trinajstić information content (AvgIpc) is 2.44. The molecule has 0 aliphatic rings. The van der Waals surface area contributed by atoms with Crippen LogP contribution < -0.4 is 16.7 Å². The van der Waals surface area contributed by atoms with Crippen molar-refractivity contribution in [1.29, 1.82) is 0 Å². The fraction of sp³-hybridized carbons (Fsp3) is 0.0833. The number of carbonyl (C=O) groups is 1. The highest BCUT2D eigenvalue weighted by Gasteiger charge is 2.08. The van der Waals surface area contributed by atoms with Crippen LogP contribution in [0.1, 0.15) is 11.3 Å². The van der Waals surface area contributed by atoms with Crippen LogP contribution in [0.25, 0.3) is 0 Å². The topological polar surface area (TPSA) is 120 Å². The van der Waals surface area contributed by atoms with Gasteiger partial charge >= 0.3 is 5.69 Å². The van der Waals surface area contributed by atoms with E-state index in [1.54, 1.807) is 0 Å². The standard InChI is InChI=1S/C12H10IN5O3/c13-8-4-2-1-3-7(8)6-14-17-10(19)5-9-11(20)15-12(21)18-16-9/h1-4,6H,5H2,(H,17,19)(H2,15,18,20,21)/b14-6-. The summed E-state index contributed by atoms with van der Waals surface area (Å²) in [4.78, 5) is 35.7. The second-order valence-electron chi connectivity index (χ2n) is 3.95. The first kappa shape index (κ1) is 15.1. The van der Waals surface area contributed by atoms with Gasteiger partial charge in [0.05, 0.1) is 12.6 Å². The minimum atomic E-state index is -0.721. The van der Waals surface area contributed by atoms with Gasteiger partial charge in [-0.2, -0.15) is 10.2 Å². The van der Waals surface area contributed by atoms with Crippen molar-refractivity contribution in [2.24, 2.45) is 5.10 Å². The fourth-order valence-electron chi connectivity index (χ4n) is 1.44.